The molecule has 0 radical (unpaired) electrons. The zero-order valence-corrected chi connectivity index (χ0v) is 15.9. The van der Waals surface area contributed by atoms with E-state index in [0.717, 1.165) is 18.4 Å². The number of hydrogen-bond acceptors (Lipinski definition) is 7. The largest absolute Gasteiger partial charge is 0.493 e. The molecule has 1 aliphatic heterocycles. The highest BCUT2D eigenvalue weighted by Crippen LogP contribution is 2.35. The third-order valence-electron chi connectivity index (χ3n) is 4.94. The fourth-order valence-corrected chi connectivity index (χ4v) is 3.28. The highest BCUT2D eigenvalue weighted by Gasteiger charge is 2.42. The normalized spacial score (nSPS) is 25.3. The summed E-state index contributed by atoms with van der Waals surface area (Å²) in [7, 11) is 1.62. The molecule has 1 saturated carbocycles. The van der Waals surface area contributed by atoms with E-state index in [1.54, 1.807) is 20.1 Å². The molecule has 1 fully saturated rings. The van der Waals surface area contributed by atoms with Gasteiger partial charge in [0, 0.05) is 12.5 Å². The third kappa shape index (κ3) is 4.24. The average molecular weight is 374 g/mol. The molecule has 2 N–H and O–H groups in total. The van der Waals surface area contributed by atoms with Crippen molar-refractivity contribution < 1.29 is 23.8 Å². The third-order valence-corrected chi connectivity index (χ3v) is 4.94. The molecular weight excluding hydrogens is 348 g/mol. The first-order chi connectivity index (χ1) is 12.9. The van der Waals surface area contributed by atoms with Crippen LogP contribution in [0.1, 0.15) is 45.1 Å². The molecule has 0 aromatic heterocycles. The number of nitrogens with zero attached hydrogens (tertiary/aromatic N) is 1. The molecule has 146 valence electrons. The Morgan fingerprint density at radius 2 is 2.07 bits per heavy atom. The van der Waals surface area contributed by atoms with Crippen molar-refractivity contribution in [1.82, 2.24) is 0 Å². The van der Waals surface area contributed by atoms with E-state index in [0.29, 0.717) is 17.2 Å². The van der Waals surface area contributed by atoms with Crippen molar-refractivity contribution in [3.8, 4) is 11.5 Å². The van der Waals surface area contributed by atoms with Gasteiger partial charge in [-0.05, 0) is 56.9 Å². The number of benzene rings is 1. The fraction of sp³-hybridized carbons (Fsp3) is 0.500. The smallest absolute Gasteiger partial charge is 0.307 e. The summed E-state index contributed by atoms with van der Waals surface area (Å²) < 4.78 is 16.4. The van der Waals surface area contributed by atoms with Crippen LogP contribution in [-0.2, 0) is 14.4 Å². The lowest BCUT2D eigenvalue weighted by atomic mass is 9.90. The van der Waals surface area contributed by atoms with Crippen LogP contribution in [0.4, 0.5) is 0 Å². The standard InChI is InChI=1S/C20H26N2O5/c1-13(23)25-11-10-20(2)19(21)18(22-27-20)14-8-9-16(24-3)17(12-14)26-15-6-4-5-7-15/h8-12,15,19H,4-7,21H2,1-3H3/b11-10-. The molecule has 2 atom stereocenters. The predicted octanol–water partition coefficient (Wildman–Crippen LogP) is 2.91. The van der Waals surface area contributed by atoms with Crippen molar-refractivity contribution in [2.45, 2.75) is 57.3 Å². The molecule has 0 spiro atoms. The minimum absolute atomic E-state index is 0.210. The number of carbonyl (C=O) groups excluding carboxylic acids is 1. The van der Waals surface area contributed by atoms with E-state index in [1.807, 2.05) is 18.2 Å². The maximum Gasteiger partial charge on any atom is 0.307 e. The molecule has 2 unspecified atom stereocenters. The average Bonchev–Trinajstić information content (AvgIpc) is 3.24. The maximum absolute atomic E-state index is 10.9. The van der Waals surface area contributed by atoms with Gasteiger partial charge in [-0.15, -0.1) is 0 Å². The molecule has 0 bridgehead atoms. The second kappa shape index (κ2) is 8.00. The Kier molecular flexibility index (Phi) is 5.70. The van der Waals surface area contributed by atoms with E-state index >= 15 is 0 Å². The summed E-state index contributed by atoms with van der Waals surface area (Å²) in [5, 5.41) is 4.17. The summed E-state index contributed by atoms with van der Waals surface area (Å²) in [6.45, 7) is 3.11. The lowest BCUT2D eigenvalue weighted by Crippen LogP contribution is -2.46. The number of ether oxygens (including phenoxy) is 3. The zero-order valence-electron chi connectivity index (χ0n) is 15.9. The van der Waals surface area contributed by atoms with Gasteiger partial charge in [-0.2, -0.15) is 0 Å². The number of oxime groups is 1. The number of esters is 1. The van der Waals surface area contributed by atoms with Crippen LogP contribution >= 0.6 is 0 Å². The zero-order chi connectivity index (χ0) is 19.4. The molecule has 3 rings (SSSR count). The van der Waals surface area contributed by atoms with E-state index in [-0.39, 0.29) is 6.10 Å². The number of hydrogen-bond donors (Lipinski definition) is 1. The molecule has 1 heterocycles. The van der Waals surface area contributed by atoms with Gasteiger partial charge in [-0.1, -0.05) is 5.16 Å². The van der Waals surface area contributed by atoms with Gasteiger partial charge < -0.3 is 24.8 Å². The summed E-state index contributed by atoms with van der Waals surface area (Å²) in [6, 6.07) is 5.08. The Labute approximate surface area is 159 Å². The fourth-order valence-electron chi connectivity index (χ4n) is 3.28. The van der Waals surface area contributed by atoms with Crippen molar-refractivity contribution in [3.05, 3.63) is 36.1 Å². The van der Waals surface area contributed by atoms with Crippen molar-refractivity contribution in [2.75, 3.05) is 7.11 Å². The SMILES string of the molecule is COc1ccc(C2=NOC(C)(/C=C\OC(C)=O)C2N)cc1OC1CCCC1. The Balaban J connectivity index is 1.79. The Morgan fingerprint density at radius 3 is 2.74 bits per heavy atom. The number of methoxy groups -OCH3 is 1. The van der Waals surface area contributed by atoms with Gasteiger partial charge in [0.1, 0.15) is 5.71 Å². The first kappa shape index (κ1) is 19.2. The molecule has 7 nitrogen and oxygen atoms in total. The van der Waals surface area contributed by atoms with E-state index in [1.165, 1.54) is 26.0 Å². The summed E-state index contributed by atoms with van der Waals surface area (Å²) >= 11 is 0. The van der Waals surface area contributed by atoms with Gasteiger partial charge in [0.05, 0.1) is 25.5 Å². The summed E-state index contributed by atoms with van der Waals surface area (Å²) in [6.07, 6.45) is 7.56. The molecule has 0 saturated heterocycles. The highest BCUT2D eigenvalue weighted by molar-refractivity contribution is 6.06. The van der Waals surface area contributed by atoms with Crippen molar-refractivity contribution >= 4 is 11.7 Å². The first-order valence-corrected chi connectivity index (χ1v) is 9.14. The van der Waals surface area contributed by atoms with Crippen LogP contribution < -0.4 is 15.2 Å². The van der Waals surface area contributed by atoms with Gasteiger partial charge in [0.25, 0.3) is 0 Å². The van der Waals surface area contributed by atoms with E-state index in [2.05, 4.69) is 5.16 Å². The van der Waals surface area contributed by atoms with Gasteiger partial charge in [0.2, 0.25) is 0 Å². The molecule has 7 heteroatoms. The predicted molar refractivity (Wildman–Crippen MR) is 101 cm³/mol. The first-order valence-electron chi connectivity index (χ1n) is 9.14. The van der Waals surface area contributed by atoms with Crippen molar-refractivity contribution in [3.63, 3.8) is 0 Å². The van der Waals surface area contributed by atoms with Crippen molar-refractivity contribution in [1.29, 1.82) is 0 Å². The molecule has 0 amide bonds. The van der Waals surface area contributed by atoms with Crippen LogP contribution in [0.15, 0.2) is 35.7 Å². The van der Waals surface area contributed by atoms with Crippen LogP contribution in [0.2, 0.25) is 0 Å². The molecule has 2 aliphatic rings. The molecular formula is C20H26N2O5. The number of rotatable bonds is 6. The van der Waals surface area contributed by atoms with Crippen LogP contribution in [0, 0.1) is 0 Å². The maximum atomic E-state index is 10.9. The van der Waals surface area contributed by atoms with E-state index < -0.39 is 17.6 Å². The van der Waals surface area contributed by atoms with Gasteiger partial charge in [-0.25, -0.2) is 0 Å². The Hall–Kier alpha value is -2.54. The quantitative estimate of drug-likeness (QED) is 0.608. The van der Waals surface area contributed by atoms with E-state index in [4.69, 9.17) is 24.8 Å². The van der Waals surface area contributed by atoms with Gasteiger partial charge in [0.15, 0.2) is 17.1 Å². The molecule has 1 aromatic carbocycles. The number of carbonyl (C=O) groups is 1. The second-order valence-corrected chi connectivity index (χ2v) is 7.03. The Morgan fingerprint density at radius 1 is 1.33 bits per heavy atom. The monoisotopic (exact) mass is 374 g/mol. The minimum atomic E-state index is -0.906. The van der Waals surface area contributed by atoms with E-state index in [9.17, 15) is 4.79 Å². The van der Waals surface area contributed by atoms with Crippen LogP contribution in [0.25, 0.3) is 0 Å². The highest BCUT2D eigenvalue weighted by atomic mass is 16.7. The summed E-state index contributed by atoms with van der Waals surface area (Å²) in [4.78, 5) is 16.5. The second-order valence-electron chi connectivity index (χ2n) is 7.03. The molecule has 27 heavy (non-hydrogen) atoms. The lowest BCUT2D eigenvalue weighted by Gasteiger charge is -2.23. The molecule has 1 aromatic rings. The van der Waals surface area contributed by atoms with Crippen molar-refractivity contribution in [2.24, 2.45) is 10.9 Å². The van der Waals surface area contributed by atoms with Gasteiger partial charge >= 0.3 is 5.97 Å². The topological polar surface area (TPSA) is 92.4 Å². The minimum Gasteiger partial charge on any atom is -0.493 e. The van der Waals surface area contributed by atoms with Gasteiger partial charge in [-0.3, -0.25) is 4.79 Å². The summed E-state index contributed by atoms with van der Waals surface area (Å²) in [5.41, 5.74) is 6.87. The van der Waals surface area contributed by atoms with Crippen LogP contribution in [0.3, 0.4) is 0 Å². The lowest BCUT2D eigenvalue weighted by molar-refractivity contribution is -0.135. The number of nitrogens with two attached hydrogens (primary N) is 1. The molecule has 1 aliphatic carbocycles. The summed E-state index contributed by atoms with van der Waals surface area (Å²) in [5.74, 6) is 0.948. The van der Waals surface area contributed by atoms with Crippen LogP contribution in [-0.4, -0.2) is 36.5 Å². The van der Waals surface area contributed by atoms with Crippen LogP contribution in [0.5, 0.6) is 11.5 Å². The Bertz CT molecular complexity index is 755.